The van der Waals surface area contributed by atoms with Crippen LogP contribution in [0.3, 0.4) is 0 Å². The van der Waals surface area contributed by atoms with Crippen LogP contribution in [0.5, 0.6) is 0 Å². The first-order chi connectivity index (χ1) is 10.3. The van der Waals surface area contributed by atoms with Gasteiger partial charge in [0.1, 0.15) is 0 Å². The van der Waals surface area contributed by atoms with Gasteiger partial charge in [-0.05, 0) is 35.9 Å². The first-order valence-corrected chi connectivity index (χ1v) is 8.92. The number of benzene rings is 1. The third-order valence-electron chi connectivity index (χ3n) is 2.69. The molecule has 0 unspecified atom stereocenters. The van der Waals surface area contributed by atoms with Gasteiger partial charge in [-0.2, -0.15) is 0 Å². The fourth-order valence-corrected chi connectivity index (χ4v) is 3.20. The van der Waals surface area contributed by atoms with Crippen LogP contribution in [0.4, 0.5) is 0 Å². The van der Waals surface area contributed by atoms with Gasteiger partial charge in [-0.15, -0.1) is 11.3 Å². The topological polar surface area (TPSA) is 89.3 Å². The van der Waals surface area contributed by atoms with Crippen LogP contribution in [0.25, 0.3) is 6.08 Å². The van der Waals surface area contributed by atoms with Gasteiger partial charge in [0, 0.05) is 17.5 Å². The standard InChI is InChI=1S/C14H13ClN2O3S2/c15-13-6-4-11(21-13)5-7-14(18)17-9-10-2-1-3-12(8-10)22(16,19)20/h1-8H,9H2,(H,17,18)(H2,16,19,20)/b7-5+. The number of amides is 1. The maximum absolute atomic E-state index is 11.7. The Hall–Kier alpha value is -1.67. The maximum Gasteiger partial charge on any atom is 0.244 e. The van der Waals surface area contributed by atoms with Crippen molar-refractivity contribution in [2.45, 2.75) is 11.4 Å². The van der Waals surface area contributed by atoms with Crippen LogP contribution in [0.1, 0.15) is 10.4 Å². The van der Waals surface area contributed by atoms with E-state index in [-0.39, 0.29) is 17.3 Å². The van der Waals surface area contributed by atoms with E-state index < -0.39 is 10.0 Å². The van der Waals surface area contributed by atoms with Crippen molar-refractivity contribution in [3.8, 4) is 0 Å². The second-order valence-electron chi connectivity index (χ2n) is 4.39. The van der Waals surface area contributed by atoms with Crippen LogP contribution in [0.15, 0.2) is 47.4 Å². The molecule has 1 heterocycles. The summed E-state index contributed by atoms with van der Waals surface area (Å²) in [6, 6.07) is 9.68. The highest BCUT2D eigenvalue weighted by atomic mass is 35.5. The van der Waals surface area contributed by atoms with Crippen LogP contribution in [-0.4, -0.2) is 14.3 Å². The minimum absolute atomic E-state index is 0.0167. The molecule has 1 aromatic heterocycles. The molecule has 0 saturated carbocycles. The summed E-state index contributed by atoms with van der Waals surface area (Å²) in [4.78, 5) is 12.6. The lowest BCUT2D eigenvalue weighted by molar-refractivity contribution is -0.116. The van der Waals surface area contributed by atoms with Crippen molar-refractivity contribution in [2.24, 2.45) is 5.14 Å². The Balaban J connectivity index is 1.95. The van der Waals surface area contributed by atoms with Gasteiger partial charge in [0.05, 0.1) is 9.23 Å². The van der Waals surface area contributed by atoms with E-state index in [0.29, 0.717) is 9.90 Å². The Kier molecular flexibility index (Phi) is 5.36. The number of carbonyl (C=O) groups is 1. The molecule has 8 heteroatoms. The van der Waals surface area contributed by atoms with Crippen molar-refractivity contribution in [1.29, 1.82) is 0 Å². The van der Waals surface area contributed by atoms with Gasteiger partial charge in [0.15, 0.2) is 0 Å². The average molecular weight is 357 g/mol. The predicted molar refractivity (Wildman–Crippen MR) is 88.0 cm³/mol. The monoisotopic (exact) mass is 356 g/mol. The molecule has 2 rings (SSSR count). The minimum atomic E-state index is -3.75. The summed E-state index contributed by atoms with van der Waals surface area (Å²) in [6.45, 7) is 0.206. The molecule has 0 bridgehead atoms. The molecule has 5 nitrogen and oxygen atoms in total. The third kappa shape index (κ3) is 4.96. The summed E-state index contributed by atoms with van der Waals surface area (Å²) < 4.78 is 23.2. The Bertz CT molecular complexity index is 813. The van der Waals surface area contributed by atoms with Crippen LogP contribution in [-0.2, 0) is 21.4 Å². The van der Waals surface area contributed by atoms with Crippen LogP contribution < -0.4 is 10.5 Å². The summed E-state index contributed by atoms with van der Waals surface area (Å²) in [5, 5.41) is 7.72. The smallest absolute Gasteiger partial charge is 0.244 e. The first kappa shape index (κ1) is 16.7. The second-order valence-corrected chi connectivity index (χ2v) is 7.69. The molecule has 0 fully saturated rings. The molecule has 0 spiro atoms. The lowest BCUT2D eigenvalue weighted by atomic mass is 10.2. The molecular formula is C14H13ClN2O3S2. The Morgan fingerprint density at radius 3 is 2.73 bits per heavy atom. The molecule has 0 radical (unpaired) electrons. The zero-order valence-electron chi connectivity index (χ0n) is 11.3. The number of sulfonamides is 1. The third-order valence-corrected chi connectivity index (χ3v) is 4.79. The van der Waals surface area contributed by atoms with E-state index in [1.165, 1.54) is 29.5 Å². The van der Waals surface area contributed by atoms with Crippen LogP contribution in [0, 0.1) is 0 Å². The number of primary sulfonamides is 1. The van der Waals surface area contributed by atoms with Crippen molar-refractivity contribution in [3.05, 3.63) is 57.3 Å². The van der Waals surface area contributed by atoms with E-state index in [1.807, 2.05) is 6.07 Å². The molecule has 116 valence electrons. The van der Waals surface area contributed by atoms with Crippen LogP contribution in [0.2, 0.25) is 4.34 Å². The molecule has 22 heavy (non-hydrogen) atoms. The van der Waals surface area contributed by atoms with Gasteiger partial charge in [-0.1, -0.05) is 23.7 Å². The maximum atomic E-state index is 11.7. The fourth-order valence-electron chi connectivity index (χ4n) is 1.66. The molecule has 2 aromatic rings. The van der Waals surface area contributed by atoms with E-state index in [2.05, 4.69) is 5.32 Å². The van der Waals surface area contributed by atoms with Crippen molar-refractivity contribution in [3.63, 3.8) is 0 Å². The molecule has 0 atom stereocenters. The van der Waals surface area contributed by atoms with Gasteiger partial charge in [-0.25, -0.2) is 13.6 Å². The molecule has 1 aromatic carbocycles. The Morgan fingerprint density at radius 2 is 2.09 bits per heavy atom. The van der Waals surface area contributed by atoms with Crippen LogP contribution >= 0.6 is 22.9 Å². The quantitative estimate of drug-likeness (QED) is 0.806. The summed E-state index contributed by atoms with van der Waals surface area (Å²) in [5.74, 6) is -0.287. The highest BCUT2D eigenvalue weighted by Gasteiger charge is 2.08. The number of rotatable bonds is 5. The average Bonchev–Trinajstić information content (AvgIpc) is 2.88. The normalized spacial score (nSPS) is 11.7. The second kappa shape index (κ2) is 7.06. The van der Waals surface area contributed by atoms with Gasteiger partial charge in [0.2, 0.25) is 15.9 Å². The van der Waals surface area contributed by atoms with Gasteiger partial charge >= 0.3 is 0 Å². The minimum Gasteiger partial charge on any atom is -0.348 e. The Labute approximate surface area is 137 Å². The van der Waals surface area contributed by atoms with E-state index >= 15 is 0 Å². The van der Waals surface area contributed by atoms with Crippen molar-refractivity contribution in [2.75, 3.05) is 0 Å². The molecule has 0 aliphatic rings. The molecule has 1 amide bonds. The number of carbonyl (C=O) groups excluding carboxylic acids is 1. The number of hydrogen-bond donors (Lipinski definition) is 2. The van der Waals surface area contributed by atoms with Gasteiger partial charge < -0.3 is 5.32 Å². The summed E-state index contributed by atoms with van der Waals surface area (Å²) in [5.41, 5.74) is 0.646. The predicted octanol–water partition coefficient (Wildman–Crippen LogP) is 2.38. The molecular weight excluding hydrogens is 344 g/mol. The van der Waals surface area contributed by atoms with E-state index in [0.717, 1.165) is 4.88 Å². The van der Waals surface area contributed by atoms with Gasteiger partial charge in [0.25, 0.3) is 0 Å². The van der Waals surface area contributed by atoms with Crippen molar-refractivity contribution in [1.82, 2.24) is 5.32 Å². The SMILES string of the molecule is NS(=O)(=O)c1cccc(CNC(=O)/C=C/c2ccc(Cl)s2)c1. The zero-order valence-corrected chi connectivity index (χ0v) is 13.7. The summed E-state index contributed by atoms with van der Waals surface area (Å²) in [7, 11) is -3.75. The molecule has 0 saturated heterocycles. The zero-order chi connectivity index (χ0) is 16.2. The number of nitrogens with two attached hydrogens (primary N) is 1. The highest BCUT2D eigenvalue weighted by molar-refractivity contribution is 7.89. The van der Waals surface area contributed by atoms with E-state index in [4.69, 9.17) is 16.7 Å². The summed E-state index contributed by atoms with van der Waals surface area (Å²) in [6.07, 6.45) is 3.05. The molecule has 0 aliphatic heterocycles. The summed E-state index contributed by atoms with van der Waals surface area (Å²) >= 11 is 7.16. The Morgan fingerprint density at radius 1 is 1.32 bits per heavy atom. The number of hydrogen-bond acceptors (Lipinski definition) is 4. The number of thiophene rings is 1. The lowest BCUT2D eigenvalue weighted by Crippen LogP contribution is -2.20. The van der Waals surface area contributed by atoms with E-state index in [9.17, 15) is 13.2 Å². The highest BCUT2D eigenvalue weighted by Crippen LogP contribution is 2.22. The lowest BCUT2D eigenvalue weighted by Gasteiger charge is -2.04. The van der Waals surface area contributed by atoms with Gasteiger partial charge in [-0.3, -0.25) is 4.79 Å². The molecule has 3 N–H and O–H groups in total. The number of halogens is 1. The van der Waals surface area contributed by atoms with E-state index in [1.54, 1.807) is 24.3 Å². The number of nitrogens with one attached hydrogen (secondary N) is 1. The van der Waals surface area contributed by atoms with Crippen molar-refractivity contribution < 1.29 is 13.2 Å². The fraction of sp³-hybridized carbons (Fsp3) is 0.0714. The van der Waals surface area contributed by atoms with Crippen molar-refractivity contribution >= 4 is 44.9 Å². The largest absolute Gasteiger partial charge is 0.348 e. The molecule has 0 aliphatic carbocycles. The first-order valence-electron chi connectivity index (χ1n) is 6.17.